The van der Waals surface area contributed by atoms with E-state index in [4.69, 9.17) is 0 Å². The number of hydrogen-bond acceptors (Lipinski definition) is 4. The number of hydrogen-bond donors (Lipinski definition) is 4. The third-order valence-corrected chi connectivity index (χ3v) is 8.20. The van der Waals surface area contributed by atoms with Gasteiger partial charge < -0.3 is 20.8 Å². The molecule has 0 heterocycles. The summed E-state index contributed by atoms with van der Waals surface area (Å²) in [7, 11) is 0. The van der Waals surface area contributed by atoms with Gasteiger partial charge in [0, 0.05) is 25.9 Å². The molecule has 2 amide bonds. The minimum Gasteiger partial charge on any atom is -0.507 e. The maximum absolute atomic E-state index is 12.5. The standard InChI is InChI=1S/C40H64N2O4/c1-27(2)19-33-23-31(24-34(39(33)45)20-28(3)4)13-15-37(43)41-17-11-9-10-12-18-42-38(44)16-14-32-25-35(21-29(5)6)40(46)36(26-32)22-30(7)8/h23-30,45-46H,9-22H2,1-8H3,(H,41,43)(H,42,44). The molecular formula is C40H64N2O4. The molecule has 0 saturated carbocycles. The molecule has 2 rings (SSSR count). The minimum absolute atomic E-state index is 0.0671. The normalized spacial score (nSPS) is 11.7. The number of phenols is 2. The van der Waals surface area contributed by atoms with Gasteiger partial charge in [-0.2, -0.15) is 0 Å². The van der Waals surface area contributed by atoms with Crippen LogP contribution < -0.4 is 10.6 Å². The van der Waals surface area contributed by atoms with E-state index in [0.29, 0.717) is 73.9 Å². The molecule has 0 saturated heterocycles. The predicted octanol–water partition coefficient (Wildman–Crippen LogP) is 8.25. The van der Waals surface area contributed by atoms with Crippen LogP contribution in [0.25, 0.3) is 0 Å². The van der Waals surface area contributed by atoms with E-state index in [9.17, 15) is 19.8 Å². The van der Waals surface area contributed by atoms with Crippen LogP contribution in [0.4, 0.5) is 0 Å². The van der Waals surface area contributed by atoms with Crippen molar-refractivity contribution in [2.75, 3.05) is 13.1 Å². The second-order valence-electron chi connectivity index (χ2n) is 15.0. The van der Waals surface area contributed by atoms with Gasteiger partial charge in [0.25, 0.3) is 0 Å². The molecular weight excluding hydrogens is 572 g/mol. The summed E-state index contributed by atoms with van der Waals surface area (Å²) >= 11 is 0. The van der Waals surface area contributed by atoms with E-state index in [-0.39, 0.29) is 11.8 Å². The smallest absolute Gasteiger partial charge is 0.220 e. The van der Waals surface area contributed by atoms with Crippen molar-refractivity contribution in [1.82, 2.24) is 10.6 Å². The number of carbonyl (C=O) groups excluding carboxylic acids is 2. The molecule has 6 heteroatoms. The van der Waals surface area contributed by atoms with Crippen molar-refractivity contribution in [2.24, 2.45) is 23.7 Å². The van der Waals surface area contributed by atoms with Gasteiger partial charge in [0.2, 0.25) is 11.8 Å². The number of nitrogens with one attached hydrogen (secondary N) is 2. The summed E-state index contributed by atoms with van der Waals surface area (Å²) in [6, 6.07) is 8.30. The predicted molar refractivity (Wildman–Crippen MR) is 192 cm³/mol. The van der Waals surface area contributed by atoms with Gasteiger partial charge in [-0.05, 0) is 108 Å². The van der Waals surface area contributed by atoms with Crippen LogP contribution in [0.1, 0.15) is 127 Å². The Balaban J connectivity index is 1.66. The summed E-state index contributed by atoms with van der Waals surface area (Å²) in [6.45, 7) is 18.6. The number of aromatic hydroxyl groups is 2. The Labute approximate surface area is 280 Å². The average molecular weight is 637 g/mol. The van der Waals surface area contributed by atoms with E-state index in [0.717, 1.165) is 84.7 Å². The molecule has 0 fully saturated rings. The molecule has 0 bridgehead atoms. The van der Waals surface area contributed by atoms with E-state index in [2.05, 4.69) is 90.3 Å². The van der Waals surface area contributed by atoms with Crippen LogP contribution in [-0.2, 0) is 48.1 Å². The second kappa shape index (κ2) is 20.3. The van der Waals surface area contributed by atoms with Crippen molar-refractivity contribution < 1.29 is 19.8 Å². The molecule has 0 aromatic heterocycles. The third kappa shape index (κ3) is 15.0. The first kappa shape index (κ1) is 39.2. The number of aryl methyl sites for hydroxylation is 2. The van der Waals surface area contributed by atoms with Crippen LogP contribution >= 0.6 is 0 Å². The first-order chi connectivity index (χ1) is 21.7. The lowest BCUT2D eigenvalue weighted by atomic mass is 9.92. The Bertz CT molecular complexity index is 1070. The number of amides is 2. The summed E-state index contributed by atoms with van der Waals surface area (Å²) in [5.74, 6) is 2.80. The molecule has 0 aliphatic rings. The fraction of sp³-hybridized carbons (Fsp3) is 0.650. The molecule has 0 aliphatic carbocycles. The van der Waals surface area contributed by atoms with E-state index in [1.165, 1.54) is 0 Å². The fourth-order valence-electron chi connectivity index (χ4n) is 6.09. The zero-order valence-corrected chi connectivity index (χ0v) is 30.2. The van der Waals surface area contributed by atoms with Crippen molar-refractivity contribution in [3.8, 4) is 11.5 Å². The SMILES string of the molecule is CC(C)Cc1cc(CCC(=O)NCCCCCCNC(=O)CCc2cc(CC(C)C)c(O)c(CC(C)C)c2)cc(CC(C)C)c1O. The number of phenolic OH excluding ortho intramolecular Hbond substituents is 2. The van der Waals surface area contributed by atoms with Crippen molar-refractivity contribution in [3.05, 3.63) is 57.6 Å². The molecule has 0 aliphatic heterocycles. The molecule has 4 N–H and O–H groups in total. The number of carbonyl (C=O) groups is 2. The largest absolute Gasteiger partial charge is 0.507 e. The highest BCUT2D eigenvalue weighted by Crippen LogP contribution is 2.31. The van der Waals surface area contributed by atoms with E-state index in [1.54, 1.807) is 0 Å². The number of benzene rings is 2. The average Bonchev–Trinajstić information content (AvgIpc) is 2.95. The quantitative estimate of drug-likeness (QED) is 0.104. The Kier molecular flexibility index (Phi) is 17.3. The number of rotatable bonds is 21. The first-order valence-electron chi connectivity index (χ1n) is 18.0. The van der Waals surface area contributed by atoms with Gasteiger partial charge in [-0.15, -0.1) is 0 Å². The highest BCUT2D eigenvalue weighted by Gasteiger charge is 2.15. The van der Waals surface area contributed by atoms with Crippen LogP contribution in [0.3, 0.4) is 0 Å². The van der Waals surface area contributed by atoms with Gasteiger partial charge in [-0.1, -0.05) is 92.5 Å². The van der Waals surface area contributed by atoms with E-state index < -0.39 is 0 Å². The van der Waals surface area contributed by atoms with Gasteiger partial charge in [0.15, 0.2) is 0 Å². The van der Waals surface area contributed by atoms with Crippen LogP contribution in [0, 0.1) is 23.7 Å². The van der Waals surface area contributed by atoms with Crippen LogP contribution in [0.15, 0.2) is 24.3 Å². The Morgan fingerprint density at radius 1 is 0.522 bits per heavy atom. The van der Waals surface area contributed by atoms with E-state index >= 15 is 0 Å². The highest BCUT2D eigenvalue weighted by atomic mass is 16.3. The molecule has 2 aromatic carbocycles. The zero-order chi connectivity index (χ0) is 34.2. The summed E-state index contributed by atoms with van der Waals surface area (Å²) in [6.07, 6.45) is 9.44. The lowest BCUT2D eigenvalue weighted by Crippen LogP contribution is -2.25. The zero-order valence-electron chi connectivity index (χ0n) is 30.2. The number of unbranched alkanes of at least 4 members (excludes halogenated alkanes) is 3. The molecule has 258 valence electrons. The Morgan fingerprint density at radius 3 is 1.07 bits per heavy atom. The molecule has 0 radical (unpaired) electrons. The maximum atomic E-state index is 12.5. The summed E-state index contributed by atoms with van der Waals surface area (Å²) in [5.41, 5.74) is 6.20. The van der Waals surface area contributed by atoms with Gasteiger partial charge in [0.05, 0.1) is 0 Å². The van der Waals surface area contributed by atoms with Crippen LogP contribution in [0.2, 0.25) is 0 Å². The van der Waals surface area contributed by atoms with Gasteiger partial charge in [-0.3, -0.25) is 9.59 Å². The van der Waals surface area contributed by atoms with Gasteiger partial charge in [-0.25, -0.2) is 0 Å². The second-order valence-corrected chi connectivity index (χ2v) is 15.0. The topological polar surface area (TPSA) is 98.7 Å². The highest BCUT2D eigenvalue weighted by molar-refractivity contribution is 5.76. The maximum Gasteiger partial charge on any atom is 0.220 e. The first-order valence-corrected chi connectivity index (χ1v) is 18.0. The molecule has 2 aromatic rings. The summed E-state index contributed by atoms with van der Waals surface area (Å²) < 4.78 is 0. The monoisotopic (exact) mass is 636 g/mol. The van der Waals surface area contributed by atoms with Crippen LogP contribution in [-0.4, -0.2) is 35.1 Å². The molecule has 0 atom stereocenters. The molecule has 0 unspecified atom stereocenters. The van der Waals surface area contributed by atoms with Crippen molar-refractivity contribution >= 4 is 11.8 Å². The Morgan fingerprint density at radius 2 is 0.804 bits per heavy atom. The molecule has 0 spiro atoms. The minimum atomic E-state index is 0.0671. The van der Waals surface area contributed by atoms with Crippen molar-refractivity contribution in [1.29, 1.82) is 0 Å². The summed E-state index contributed by atoms with van der Waals surface area (Å²) in [4.78, 5) is 25.0. The third-order valence-electron chi connectivity index (χ3n) is 8.20. The van der Waals surface area contributed by atoms with E-state index in [1.807, 2.05) is 0 Å². The Hall–Kier alpha value is -3.02. The van der Waals surface area contributed by atoms with Gasteiger partial charge in [0.1, 0.15) is 11.5 Å². The lowest BCUT2D eigenvalue weighted by molar-refractivity contribution is -0.121. The van der Waals surface area contributed by atoms with Gasteiger partial charge >= 0.3 is 0 Å². The molecule has 6 nitrogen and oxygen atoms in total. The molecule has 46 heavy (non-hydrogen) atoms. The van der Waals surface area contributed by atoms with Crippen molar-refractivity contribution in [2.45, 2.75) is 132 Å². The fourth-order valence-corrected chi connectivity index (χ4v) is 6.09. The van der Waals surface area contributed by atoms with Crippen LogP contribution in [0.5, 0.6) is 11.5 Å². The summed E-state index contributed by atoms with van der Waals surface area (Å²) in [5, 5.41) is 27.6. The lowest BCUT2D eigenvalue weighted by Gasteiger charge is -2.16. The van der Waals surface area contributed by atoms with Crippen molar-refractivity contribution in [3.63, 3.8) is 0 Å².